The summed E-state index contributed by atoms with van der Waals surface area (Å²) in [6.07, 6.45) is 5.69. The predicted octanol–water partition coefficient (Wildman–Crippen LogP) is 9.07. The van der Waals surface area contributed by atoms with E-state index in [0.29, 0.717) is 31.1 Å². The number of rotatable bonds is 17. The summed E-state index contributed by atoms with van der Waals surface area (Å²) in [5, 5.41) is 0. The van der Waals surface area contributed by atoms with E-state index in [1.807, 2.05) is 66.7 Å². The van der Waals surface area contributed by atoms with Crippen molar-refractivity contribution in [1.82, 2.24) is 4.98 Å². The second kappa shape index (κ2) is 18.2. The highest BCUT2D eigenvalue weighted by Gasteiger charge is 2.14. The number of aromatic nitrogens is 1. The summed E-state index contributed by atoms with van der Waals surface area (Å²) in [6, 6.07) is 37.8. The van der Waals surface area contributed by atoms with Gasteiger partial charge in [-0.25, -0.2) is 9.78 Å². The Morgan fingerprint density at radius 1 is 0.633 bits per heavy atom. The number of pyridine rings is 1. The molecule has 0 spiro atoms. The average Bonchev–Trinajstić information content (AvgIpc) is 3.16. The molecule has 0 amide bonds. The lowest BCUT2D eigenvalue weighted by Crippen LogP contribution is -2.07. The fraction of sp³-hybridized carbons (Fsp3) is 0.262. The van der Waals surface area contributed by atoms with E-state index in [-0.39, 0.29) is 18.4 Å². The zero-order chi connectivity index (χ0) is 34.3. The molecule has 4 aromatic carbocycles. The highest BCUT2D eigenvalue weighted by atomic mass is 16.5. The largest absolute Gasteiger partial charge is 0.489 e. The fourth-order valence-corrected chi connectivity index (χ4v) is 5.69. The molecule has 49 heavy (non-hydrogen) atoms. The van der Waals surface area contributed by atoms with Gasteiger partial charge in [0.2, 0.25) is 5.88 Å². The Kier molecular flexibility index (Phi) is 13.0. The smallest absolute Gasteiger partial charge is 0.337 e. The van der Waals surface area contributed by atoms with Gasteiger partial charge in [-0.1, -0.05) is 97.8 Å². The van der Waals surface area contributed by atoms with E-state index in [1.165, 1.54) is 19.8 Å². The van der Waals surface area contributed by atoms with E-state index in [2.05, 4.69) is 36.4 Å². The molecule has 0 atom stereocenters. The van der Waals surface area contributed by atoms with Gasteiger partial charge < -0.3 is 18.9 Å². The molecule has 5 rings (SSSR count). The van der Waals surface area contributed by atoms with Crippen LogP contribution in [0.15, 0.2) is 115 Å². The second-order valence-corrected chi connectivity index (χ2v) is 11.8. The van der Waals surface area contributed by atoms with E-state index in [0.717, 1.165) is 71.4 Å². The topological polar surface area (TPSA) is 84.0 Å². The van der Waals surface area contributed by atoms with Crippen LogP contribution in [-0.4, -0.2) is 37.7 Å². The van der Waals surface area contributed by atoms with E-state index in [4.69, 9.17) is 23.9 Å². The summed E-state index contributed by atoms with van der Waals surface area (Å²) < 4.78 is 22.1. The molecule has 0 unspecified atom stereocenters. The van der Waals surface area contributed by atoms with E-state index in [1.54, 1.807) is 12.1 Å². The van der Waals surface area contributed by atoms with Crippen LogP contribution in [0.1, 0.15) is 59.2 Å². The molecule has 0 radical (unpaired) electrons. The zero-order valence-corrected chi connectivity index (χ0v) is 28.2. The Labute approximate surface area is 288 Å². The fourth-order valence-electron chi connectivity index (χ4n) is 5.69. The number of carbonyl (C=O) groups is 2. The number of carbonyl (C=O) groups excluding carboxylic acids is 2. The maximum Gasteiger partial charge on any atom is 0.337 e. The van der Waals surface area contributed by atoms with Crippen molar-refractivity contribution in [2.45, 2.75) is 51.6 Å². The number of hydrogen-bond donors (Lipinski definition) is 0. The summed E-state index contributed by atoms with van der Waals surface area (Å²) in [5.74, 6) is 0.762. The maximum atomic E-state index is 12.0. The standard InChI is InChI=1S/C42H43NO6/c1-46-41(44)26-25-37-33(19-13-20-39(37)49-30-31-21-23-35(24-22-31)42(45)47-2)16-7-3-4-12-27-48-40-29-36(32-14-8-5-9-15-32)28-38(43-40)34-17-10-6-11-18-34/h5-6,8-11,13-15,17-24,28-29H,3-4,7,12,16,25-27,30H2,1-2H3. The van der Waals surface area contributed by atoms with Gasteiger partial charge in [-0.2, -0.15) is 0 Å². The monoisotopic (exact) mass is 657 g/mol. The molecule has 0 N–H and O–H groups in total. The van der Waals surface area contributed by atoms with Crippen molar-refractivity contribution in [3.63, 3.8) is 0 Å². The summed E-state index contributed by atoms with van der Waals surface area (Å²) in [5.41, 5.74) is 7.77. The third-order valence-electron chi connectivity index (χ3n) is 8.38. The summed E-state index contributed by atoms with van der Waals surface area (Å²) in [4.78, 5) is 28.6. The van der Waals surface area contributed by atoms with Gasteiger partial charge in [0, 0.05) is 18.1 Å². The molecule has 1 aromatic heterocycles. The van der Waals surface area contributed by atoms with Crippen LogP contribution in [0, 0.1) is 0 Å². The van der Waals surface area contributed by atoms with Crippen molar-refractivity contribution in [2.24, 2.45) is 0 Å². The van der Waals surface area contributed by atoms with Crippen molar-refractivity contribution in [1.29, 1.82) is 0 Å². The first-order valence-corrected chi connectivity index (χ1v) is 16.8. The van der Waals surface area contributed by atoms with Crippen LogP contribution in [0.25, 0.3) is 22.4 Å². The first-order chi connectivity index (χ1) is 24.0. The molecule has 252 valence electrons. The number of nitrogens with zero attached hydrogens (tertiary/aromatic N) is 1. The van der Waals surface area contributed by atoms with Gasteiger partial charge in [0.25, 0.3) is 0 Å². The third kappa shape index (κ3) is 10.3. The van der Waals surface area contributed by atoms with E-state index in [9.17, 15) is 9.59 Å². The number of unbranched alkanes of at least 4 members (excludes halogenated alkanes) is 3. The second-order valence-electron chi connectivity index (χ2n) is 11.8. The Morgan fingerprint density at radius 3 is 2.06 bits per heavy atom. The molecule has 0 saturated carbocycles. The van der Waals surface area contributed by atoms with Crippen LogP contribution in [-0.2, 0) is 33.7 Å². The first-order valence-electron chi connectivity index (χ1n) is 16.8. The number of hydrogen-bond acceptors (Lipinski definition) is 7. The maximum absolute atomic E-state index is 12.0. The lowest BCUT2D eigenvalue weighted by Gasteiger charge is -2.16. The Hall–Kier alpha value is -5.43. The van der Waals surface area contributed by atoms with Gasteiger partial charge in [0.1, 0.15) is 12.4 Å². The van der Waals surface area contributed by atoms with Crippen molar-refractivity contribution < 1.29 is 28.5 Å². The van der Waals surface area contributed by atoms with Gasteiger partial charge in [-0.15, -0.1) is 0 Å². The Bertz CT molecular complexity index is 1730. The number of aryl methyl sites for hydroxylation is 1. The van der Waals surface area contributed by atoms with E-state index < -0.39 is 0 Å². The van der Waals surface area contributed by atoms with Crippen LogP contribution >= 0.6 is 0 Å². The van der Waals surface area contributed by atoms with Crippen molar-refractivity contribution in [2.75, 3.05) is 20.8 Å². The third-order valence-corrected chi connectivity index (χ3v) is 8.38. The molecule has 0 fully saturated rings. The Balaban J connectivity index is 1.15. The van der Waals surface area contributed by atoms with Crippen LogP contribution in [0.5, 0.6) is 11.6 Å². The zero-order valence-electron chi connectivity index (χ0n) is 28.2. The van der Waals surface area contributed by atoms with Gasteiger partial charge in [0.05, 0.1) is 32.1 Å². The van der Waals surface area contributed by atoms with Crippen LogP contribution in [0.4, 0.5) is 0 Å². The van der Waals surface area contributed by atoms with Crippen molar-refractivity contribution >= 4 is 11.9 Å². The van der Waals surface area contributed by atoms with Gasteiger partial charge in [0.15, 0.2) is 0 Å². The Morgan fingerprint density at radius 2 is 1.35 bits per heavy atom. The molecule has 0 saturated heterocycles. The quantitative estimate of drug-likeness (QED) is 0.0729. The van der Waals surface area contributed by atoms with Gasteiger partial charge in [-0.05, 0) is 77.8 Å². The predicted molar refractivity (Wildman–Crippen MR) is 192 cm³/mol. The van der Waals surface area contributed by atoms with Gasteiger partial charge >= 0.3 is 11.9 Å². The molecule has 7 heteroatoms. The van der Waals surface area contributed by atoms with Crippen molar-refractivity contribution in [3.8, 4) is 34.0 Å². The SMILES string of the molecule is COC(=O)CCc1c(CCCCCCOc2cc(-c3ccccc3)cc(-c3ccccc3)n2)cccc1OCc1ccc(C(=O)OC)cc1. The van der Waals surface area contributed by atoms with Gasteiger partial charge in [-0.3, -0.25) is 4.79 Å². The van der Waals surface area contributed by atoms with Crippen LogP contribution in [0.3, 0.4) is 0 Å². The van der Waals surface area contributed by atoms with Crippen molar-refractivity contribution in [3.05, 3.63) is 138 Å². The number of esters is 2. The summed E-state index contributed by atoms with van der Waals surface area (Å²) >= 11 is 0. The highest BCUT2D eigenvalue weighted by molar-refractivity contribution is 5.89. The highest BCUT2D eigenvalue weighted by Crippen LogP contribution is 2.30. The number of benzene rings is 4. The summed E-state index contributed by atoms with van der Waals surface area (Å²) in [6.45, 7) is 0.930. The lowest BCUT2D eigenvalue weighted by molar-refractivity contribution is -0.140. The molecular formula is C42H43NO6. The molecule has 7 nitrogen and oxygen atoms in total. The minimum absolute atomic E-state index is 0.251. The molecule has 0 bridgehead atoms. The molecular weight excluding hydrogens is 614 g/mol. The van der Waals surface area contributed by atoms with E-state index >= 15 is 0 Å². The number of methoxy groups -OCH3 is 2. The summed E-state index contributed by atoms with van der Waals surface area (Å²) in [7, 11) is 2.77. The molecule has 5 aromatic rings. The minimum atomic E-state index is -0.374. The minimum Gasteiger partial charge on any atom is -0.489 e. The lowest BCUT2D eigenvalue weighted by atomic mass is 9.96. The van der Waals surface area contributed by atoms with Crippen LogP contribution < -0.4 is 9.47 Å². The van der Waals surface area contributed by atoms with Crippen LogP contribution in [0.2, 0.25) is 0 Å². The molecule has 0 aliphatic carbocycles. The number of ether oxygens (including phenoxy) is 4. The molecule has 1 heterocycles. The average molecular weight is 658 g/mol. The first kappa shape index (κ1) is 34.9. The molecule has 0 aliphatic heterocycles. The normalized spacial score (nSPS) is 10.7. The molecule has 0 aliphatic rings.